The first kappa shape index (κ1) is 18.2. The van der Waals surface area contributed by atoms with Crippen molar-refractivity contribution in [2.45, 2.75) is 53.0 Å². The second kappa shape index (κ2) is 7.72. The lowest BCUT2D eigenvalue weighted by Gasteiger charge is -2.17. The van der Waals surface area contributed by atoms with Gasteiger partial charge in [0, 0.05) is 19.2 Å². The predicted molar refractivity (Wildman–Crippen MR) is 96.1 cm³/mol. The Bertz CT molecular complexity index is 806. The fraction of sp³-hybridized carbons (Fsp3) is 0.556. The van der Waals surface area contributed by atoms with Crippen LogP contribution in [0.4, 0.5) is 5.82 Å². The molecular formula is C18H25N5O3. The highest BCUT2D eigenvalue weighted by molar-refractivity contribution is 6.04. The van der Waals surface area contributed by atoms with Gasteiger partial charge in [-0.2, -0.15) is 0 Å². The van der Waals surface area contributed by atoms with Crippen molar-refractivity contribution in [1.29, 1.82) is 0 Å². The van der Waals surface area contributed by atoms with Gasteiger partial charge in [-0.1, -0.05) is 19.0 Å². The van der Waals surface area contributed by atoms with Crippen molar-refractivity contribution in [3.05, 3.63) is 29.0 Å². The Labute approximate surface area is 152 Å². The molecule has 0 saturated carbocycles. The summed E-state index contributed by atoms with van der Waals surface area (Å²) in [4.78, 5) is 29.5. The lowest BCUT2D eigenvalue weighted by molar-refractivity contribution is 0.0936. The monoisotopic (exact) mass is 359 g/mol. The predicted octanol–water partition coefficient (Wildman–Crippen LogP) is 2.54. The highest BCUT2D eigenvalue weighted by atomic mass is 16.5. The summed E-state index contributed by atoms with van der Waals surface area (Å²) in [5.41, 5.74) is 1.10. The molecule has 3 rings (SSSR count). The van der Waals surface area contributed by atoms with E-state index in [2.05, 4.69) is 34.6 Å². The molecule has 8 heteroatoms. The van der Waals surface area contributed by atoms with Gasteiger partial charge in [-0.25, -0.2) is 4.98 Å². The average Bonchev–Trinajstić information content (AvgIpc) is 3.18. The summed E-state index contributed by atoms with van der Waals surface area (Å²) < 4.78 is 6.84. The van der Waals surface area contributed by atoms with Gasteiger partial charge < -0.3 is 19.7 Å². The van der Waals surface area contributed by atoms with Crippen molar-refractivity contribution in [1.82, 2.24) is 20.0 Å². The molecule has 0 unspecified atom stereocenters. The van der Waals surface area contributed by atoms with Crippen molar-refractivity contribution in [3.8, 4) is 0 Å². The number of hydrogen-bond acceptors (Lipinski definition) is 5. The van der Waals surface area contributed by atoms with Crippen LogP contribution in [-0.2, 0) is 13.0 Å². The Hall–Kier alpha value is -2.64. The molecule has 140 valence electrons. The fourth-order valence-corrected chi connectivity index (χ4v) is 3.05. The summed E-state index contributed by atoms with van der Waals surface area (Å²) in [7, 11) is 0. The topological polar surface area (TPSA) is 102 Å². The summed E-state index contributed by atoms with van der Waals surface area (Å²) in [6.07, 6.45) is 3.58. The molecule has 2 aromatic heterocycles. The SMILES string of the molecule is Cc1cc(NC(=O)c2nc(C(=O)NCCC(C)C)n3c2CCCC3)no1. The summed E-state index contributed by atoms with van der Waals surface area (Å²) in [6, 6.07) is 1.64. The first-order chi connectivity index (χ1) is 12.5. The van der Waals surface area contributed by atoms with Crippen LogP contribution in [0.25, 0.3) is 0 Å². The fourth-order valence-electron chi connectivity index (χ4n) is 3.05. The van der Waals surface area contributed by atoms with Crippen LogP contribution in [-0.4, -0.2) is 33.1 Å². The summed E-state index contributed by atoms with van der Waals surface area (Å²) in [5, 5.41) is 9.36. The van der Waals surface area contributed by atoms with Gasteiger partial charge in [0.15, 0.2) is 17.3 Å². The van der Waals surface area contributed by atoms with Crippen LogP contribution in [0.3, 0.4) is 0 Å². The zero-order valence-electron chi connectivity index (χ0n) is 15.5. The third-order valence-electron chi connectivity index (χ3n) is 4.41. The average molecular weight is 359 g/mol. The maximum absolute atomic E-state index is 12.6. The van der Waals surface area contributed by atoms with Crippen LogP contribution in [0.2, 0.25) is 0 Å². The van der Waals surface area contributed by atoms with Crippen LogP contribution < -0.4 is 10.6 Å². The first-order valence-corrected chi connectivity index (χ1v) is 9.08. The number of carbonyl (C=O) groups excluding carboxylic acids is 2. The maximum Gasteiger partial charge on any atom is 0.287 e. The van der Waals surface area contributed by atoms with E-state index < -0.39 is 0 Å². The third kappa shape index (κ3) is 3.95. The van der Waals surface area contributed by atoms with Gasteiger partial charge in [0.05, 0.1) is 5.69 Å². The minimum absolute atomic E-state index is 0.231. The van der Waals surface area contributed by atoms with E-state index in [1.807, 2.05) is 4.57 Å². The largest absolute Gasteiger partial charge is 0.360 e. The quantitative estimate of drug-likeness (QED) is 0.825. The standard InChI is InChI=1S/C18H25N5O3/c1-11(2)7-8-19-18(25)16-21-15(13-6-4-5-9-23(13)16)17(24)20-14-10-12(3)26-22-14/h10-11H,4-9H2,1-3H3,(H,19,25)(H,20,22,24). The van der Waals surface area contributed by atoms with E-state index in [-0.39, 0.29) is 11.8 Å². The molecule has 0 saturated heterocycles. The number of aromatic nitrogens is 3. The molecule has 0 atom stereocenters. The van der Waals surface area contributed by atoms with Gasteiger partial charge in [0.2, 0.25) is 0 Å². The molecule has 1 aliphatic heterocycles. The van der Waals surface area contributed by atoms with E-state index in [0.29, 0.717) is 42.1 Å². The number of nitrogens with zero attached hydrogens (tertiary/aromatic N) is 3. The van der Waals surface area contributed by atoms with E-state index in [1.165, 1.54) is 0 Å². The van der Waals surface area contributed by atoms with Crippen molar-refractivity contribution >= 4 is 17.6 Å². The first-order valence-electron chi connectivity index (χ1n) is 9.08. The van der Waals surface area contributed by atoms with Crippen molar-refractivity contribution in [3.63, 3.8) is 0 Å². The Balaban J connectivity index is 1.81. The molecule has 0 aliphatic carbocycles. The highest BCUT2D eigenvalue weighted by Crippen LogP contribution is 2.22. The van der Waals surface area contributed by atoms with Gasteiger partial charge in [0.25, 0.3) is 11.8 Å². The number of hydrogen-bond donors (Lipinski definition) is 2. The molecule has 8 nitrogen and oxygen atoms in total. The third-order valence-corrected chi connectivity index (χ3v) is 4.41. The molecule has 2 aromatic rings. The second-order valence-electron chi connectivity index (χ2n) is 7.05. The lowest BCUT2D eigenvalue weighted by Crippen LogP contribution is -2.29. The van der Waals surface area contributed by atoms with Crippen LogP contribution in [0.5, 0.6) is 0 Å². The van der Waals surface area contributed by atoms with Crippen LogP contribution in [0.15, 0.2) is 10.6 Å². The Morgan fingerprint density at radius 2 is 2.12 bits per heavy atom. The Morgan fingerprint density at radius 1 is 1.31 bits per heavy atom. The molecule has 2 N–H and O–H groups in total. The smallest absolute Gasteiger partial charge is 0.287 e. The minimum atomic E-state index is -0.370. The normalized spacial score (nSPS) is 13.5. The van der Waals surface area contributed by atoms with Gasteiger partial charge in [0.1, 0.15) is 5.76 Å². The van der Waals surface area contributed by atoms with Crippen molar-refractivity contribution in [2.24, 2.45) is 5.92 Å². The minimum Gasteiger partial charge on any atom is -0.360 e. The van der Waals surface area contributed by atoms with E-state index >= 15 is 0 Å². The Morgan fingerprint density at radius 3 is 2.81 bits per heavy atom. The molecule has 1 aliphatic rings. The second-order valence-corrected chi connectivity index (χ2v) is 7.05. The van der Waals surface area contributed by atoms with E-state index in [9.17, 15) is 9.59 Å². The molecule has 0 spiro atoms. The van der Waals surface area contributed by atoms with Crippen LogP contribution >= 0.6 is 0 Å². The number of nitrogens with one attached hydrogen (secondary N) is 2. The van der Waals surface area contributed by atoms with Gasteiger partial charge in [-0.15, -0.1) is 0 Å². The summed E-state index contributed by atoms with van der Waals surface area (Å²) in [5.74, 6) is 1.17. The van der Waals surface area contributed by atoms with E-state index in [4.69, 9.17) is 4.52 Å². The van der Waals surface area contributed by atoms with Gasteiger partial charge in [-0.3, -0.25) is 9.59 Å². The number of amides is 2. The summed E-state index contributed by atoms with van der Waals surface area (Å²) >= 11 is 0. The lowest BCUT2D eigenvalue weighted by atomic mass is 10.1. The molecule has 2 amide bonds. The molecule has 0 bridgehead atoms. The molecular weight excluding hydrogens is 334 g/mol. The molecule has 0 aromatic carbocycles. The van der Waals surface area contributed by atoms with Crippen molar-refractivity contribution < 1.29 is 14.1 Å². The van der Waals surface area contributed by atoms with Crippen molar-refractivity contribution in [2.75, 3.05) is 11.9 Å². The van der Waals surface area contributed by atoms with Gasteiger partial charge >= 0.3 is 0 Å². The van der Waals surface area contributed by atoms with E-state index in [1.54, 1.807) is 13.0 Å². The number of fused-ring (bicyclic) bond motifs is 1. The number of anilines is 1. The summed E-state index contributed by atoms with van der Waals surface area (Å²) in [6.45, 7) is 7.26. The number of carbonyl (C=O) groups is 2. The molecule has 0 fully saturated rings. The maximum atomic E-state index is 12.6. The zero-order chi connectivity index (χ0) is 18.7. The van der Waals surface area contributed by atoms with Gasteiger partial charge in [-0.05, 0) is 38.5 Å². The number of rotatable bonds is 6. The highest BCUT2D eigenvalue weighted by Gasteiger charge is 2.27. The molecule has 26 heavy (non-hydrogen) atoms. The zero-order valence-corrected chi connectivity index (χ0v) is 15.5. The van der Waals surface area contributed by atoms with Crippen LogP contribution in [0, 0.1) is 12.8 Å². The molecule has 0 radical (unpaired) electrons. The van der Waals surface area contributed by atoms with Crippen LogP contribution in [0.1, 0.15) is 65.7 Å². The number of imidazole rings is 1. The molecule has 3 heterocycles. The number of aryl methyl sites for hydroxylation is 1. The van der Waals surface area contributed by atoms with E-state index in [0.717, 1.165) is 31.4 Å². The Kier molecular flexibility index (Phi) is 5.39.